The highest BCUT2D eigenvalue weighted by Crippen LogP contribution is 2.20. The second kappa shape index (κ2) is 6.53. The second-order valence-electron chi connectivity index (χ2n) is 6.11. The van der Waals surface area contributed by atoms with E-state index in [1.54, 1.807) is 12.3 Å². The second-order valence-corrected chi connectivity index (χ2v) is 7.03. The Morgan fingerprint density at radius 1 is 1.23 bits per heavy atom. The summed E-state index contributed by atoms with van der Waals surface area (Å²) in [7, 11) is 0. The number of para-hydroxylation sites is 1. The van der Waals surface area contributed by atoms with Crippen LogP contribution in [-0.2, 0) is 6.42 Å². The number of rotatable bonds is 3. The van der Waals surface area contributed by atoms with Gasteiger partial charge in [-0.15, -0.1) is 0 Å². The number of fused-ring (bicyclic) bond motifs is 2. The van der Waals surface area contributed by atoms with Gasteiger partial charge >= 0.3 is 0 Å². The third-order valence-electron chi connectivity index (χ3n) is 4.44. The van der Waals surface area contributed by atoms with Crippen molar-refractivity contribution in [2.45, 2.75) is 20.3 Å². The van der Waals surface area contributed by atoms with E-state index >= 15 is 0 Å². The highest BCUT2D eigenvalue weighted by molar-refractivity contribution is 9.10. The summed E-state index contributed by atoms with van der Waals surface area (Å²) in [6.45, 7) is 3.97. The Kier molecular flexibility index (Phi) is 4.20. The minimum Gasteiger partial charge on any atom is -0.358 e. The molecule has 0 saturated heterocycles. The Bertz CT molecular complexity index is 1220. The molecule has 0 aliphatic carbocycles. The van der Waals surface area contributed by atoms with Crippen molar-refractivity contribution in [1.82, 2.24) is 14.6 Å². The van der Waals surface area contributed by atoms with Gasteiger partial charge in [0.05, 0.1) is 17.1 Å². The Morgan fingerprint density at radius 2 is 2.04 bits per heavy atom. The molecule has 4 aromatic rings. The molecule has 2 heterocycles. The first-order valence-corrected chi connectivity index (χ1v) is 9.20. The van der Waals surface area contributed by atoms with Crippen LogP contribution in [0.5, 0.6) is 0 Å². The lowest BCUT2D eigenvalue weighted by Gasteiger charge is -2.07. The van der Waals surface area contributed by atoms with Crippen LogP contribution in [0.1, 0.15) is 24.0 Å². The van der Waals surface area contributed by atoms with E-state index in [4.69, 9.17) is 0 Å². The summed E-state index contributed by atoms with van der Waals surface area (Å²) in [6, 6.07) is 13.6. The van der Waals surface area contributed by atoms with Crippen LogP contribution in [0, 0.1) is 6.92 Å². The van der Waals surface area contributed by atoms with Crippen molar-refractivity contribution in [3.05, 3.63) is 74.4 Å². The first kappa shape index (κ1) is 16.7. The van der Waals surface area contributed by atoms with Gasteiger partial charge in [-0.05, 0) is 31.2 Å². The molecule has 130 valence electrons. The maximum atomic E-state index is 12.9. The summed E-state index contributed by atoms with van der Waals surface area (Å²) in [5.41, 5.74) is 3.56. The number of halogens is 1. The largest absolute Gasteiger partial charge is 0.358 e. The molecule has 5 nitrogen and oxygen atoms in total. The normalized spacial score (nSPS) is 11.8. The number of benzene rings is 2. The van der Waals surface area contributed by atoms with Gasteiger partial charge < -0.3 is 4.98 Å². The van der Waals surface area contributed by atoms with E-state index in [2.05, 4.69) is 31.0 Å². The Balaban J connectivity index is 1.91. The maximum Gasteiger partial charge on any atom is 0.282 e. The molecule has 6 heteroatoms. The molecule has 0 aliphatic heterocycles. The molecule has 0 saturated carbocycles. The van der Waals surface area contributed by atoms with E-state index in [0.29, 0.717) is 23.1 Å². The van der Waals surface area contributed by atoms with Crippen molar-refractivity contribution in [3.8, 4) is 0 Å². The first-order valence-electron chi connectivity index (χ1n) is 8.41. The molecule has 2 aromatic carbocycles. The summed E-state index contributed by atoms with van der Waals surface area (Å²) < 4.78 is 2.24. The summed E-state index contributed by atoms with van der Waals surface area (Å²) >= 11 is 3.42. The topological polar surface area (TPSA) is 63.0 Å². The fourth-order valence-electron chi connectivity index (χ4n) is 3.12. The van der Waals surface area contributed by atoms with Crippen molar-refractivity contribution >= 4 is 44.0 Å². The van der Waals surface area contributed by atoms with Crippen LogP contribution < -0.4 is 5.56 Å². The molecule has 4 rings (SSSR count). The predicted molar refractivity (Wildman–Crippen MR) is 109 cm³/mol. The van der Waals surface area contributed by atoms with E-state index < -0.39 is 0 Å². The van der Waals surface area contributed by atoms with Crippen molar-refractivity contribution in [3.63, 3.8) is 0 Å². The number of hydrogen-bond donors (Lipinski definition) is 1. The molecular weight excluding hydrogens is 392 g/mol. The van der Waals surface area contributed by atoms with Gasteiger partial charge in [-0.25, -0.2) is 4.98 Å². The molecule has 2 aromatic heterocycles. The Labute approximate surface area is 158 Å². The highest BCUT2D eigenvalue weighted by atomic mass is 79.9. The lowest BCUT2D eigenvalue weighted by molar-refractivity contribution is 0.734. The third kappa shape index (κ3) is 2.76. The van der Waals surface area contributed by atoms with Crippen LogP contribution in [0.25, 0.3) is 21.8 Å². The minimum absolute atomic E-state index is 0.165. The number of aromatic nitrogens is 3. The highest BCUT2D eigenvalue weighted by Gasteiger charge is 2.11. The average Bonchev–Trinajstić information content (AvgIpc) is 2.96. The van der Waals surface area contributed by atoms with Gasteiger partial charge in [-0.1, -0.05) is 41.1 Å². The molecule has 0 atom stereocenters. The van der Waals surface area contributed by atoms with E-state index in [0.717, 1.165) is 26.6 Å². The van der Waals surface area contributed by atoms with Crippen LogP contribution in [0.3, 0.4) is 0 Å². The zero-order chi connectivity index (χ0) is 18.3. The summed E-state index contributed by atoms with van der Waals surface area (Å²) in [4.78, 5) is 20.9. The van der Waals surface area contributed by atoms with E-state index in [1.807, 2.05) is 50.2 Å². The van der Waals surface area contributed by atoms with Crippen LogP contribution in [0.4, 0.5) is 0 Å². The standard InChI is InChI=1S/C20H17BrN4O/c1-3-19-24-18-9-8-13(21)10-15(18)20(26)25(19)22-11-16-12(2)23-17-7-5-4-6-14(16)17/h4-11,23H,3H2,1-2H3. The molecule has 0 radical (unpaired) electrons. The minimum atomic E-state index is -0.165. The number of hydrogen-bond acceptors (Lipinski definition) is 3. The SMILES string of the molecule is CCc1nc2ccc(Br)cc2c(=O)n1N=Cc1c(C)[nH]c2ccccc12. The van der Waals surface area contributed by atoms with Gasteiger partial charge in [-0.2, -0.15) is 9.78 Å². The number of aromatic amines is 1. The van der Waals surface area contributed by atoms with Gasteiger partial charge in [0.1, 0.15) is 5.82 Å². The fourth-order valence-corrected chi connectivity index (χ4v) is 3.48. The average molecular weight is 409 g/mol. The molecule has 0 spiro atoms. The molecule has 26 heavy (non-hydrogen) atoms. The number of nitrogens with zero attached hydrogens (tertiary/aromatic N) is 3. The Morgan fingerprint density at radius 3 is 2.85 bits per heavy atom. The monoisotopic (exact) mass is 408 g/mol. The van der Waals surface area contributed by atoms with Crippen LogP contribution in [0.15, 0.2) is 56.8 Å². The number of nitrogens with one attached hydrogen (secondary N) is 1. The number of aryl methyl sites for hydroxylation is 2. The predicted octanol–water partition coefficient (Wildman–Crippen LogP) is 4.39. The first-order chi connectivity index (χ1) is 12.6. The lowest BCUT2D eigenvalue weighted by Crippen LogP contribution is -2.22. The maximum absolute atomic E-state index is 12.9. The fraction of sp³-hybridized carbons (Fsp3) is 0.150. The zero-order valence-corrected chi connectivity index (χ0v) is 16.0. The van der Waals surface area contributed by atoms with Crippen LogP contribution in [0.2, 0.25) is 0 Å². The zero-order valence-electron chi connectivity index (χ0n) is 14.5. The number of H-pyrrole nitrogens is 1. The van der Waals surface area contributed by atoms with Crippen molar-refractivity contribution in [2.24, 2.45) is 5.10 Å². The smallest absolute Gasteiger partial charge is 0.282 e. The van der Waals surface area contributed by atoms with Gasteiger partial charge in [0.15, 0.2) is 0 Å². The van der Waals surface area contributed by atoms with Gasteiger partial charge in [0, 0.05) is 33.1 Å². The van der Waals surface area contributed by atoms with Crippen molar-refractivity contribution < 1.29 is 0 Å². The van der Waals surface area contributed by atoms with E-state index in [-0.39, 0.29) is 5.56 Å². The third-order valence-corrected chi connectivity index (χ3v) is 4.93. The van der Waals surface area contributed by atoms with Gasteiger partial charge in [0.2, 0.25) is 0 Å². The summed E-state index contributed by atoms with van der Waals surface area (Å²) in [5, 5.41) is 6.12. The quantitative estimate of drug-likeness (QED) is 0.510. The molecule has 0 fully saturated rings. The molecule has 0 amide bonds. The van der Waals surface area contributed by atoms with Crippen molar-refractivity contribution in [2.75, 3.05) is 0 Å². The molecule has 0 bridgehead atoms. The van der Waals surface area contributed by atoms with Crippen molar-refractivity contribution in [1.29, 1.82) is 0 Å². The van der Waals surface area contributed by atoms with E-state index in [9.17, 15) is 4.79 Å². The lowest BCUT2D eigenvalue weighted by atomic mass is 10.1. The van der Waals surface area contributed by atoms with Crippen LogP contribution >= 0.6 is 15.9 Å². The molecule has 0 aliphatic rings. The van der Waals surface area contributed by atoms with Gasteiger partial charge in [0.25, 0.3) is 5.56 Å². The summed E-state index contributed by atoms with van der Waals surface area (Å²) in [6.07, 6.45) is 2.35. The van der Waals surface area contributed by atoms with Crippen LogP contribution in [-0.4, -0.2) is 20.9 Å². The Hall–Kier alpha value is -2.73. The van der Waals surface area contributed by atoms with E-state index in [1.165, 1.54) is 4.68 Å². The molecular formula is C20H17BrN4O. The molecule has 1 N–H and O–H groups in total. The summed E-state index contributed by atoms with van der Waals surface area (Å²) in [5.74, 6) is 0.638. The van der Waals surface area contributed by atoms with Gasteiger partial charge in [-0.3, -0.25) is 4.79 Å². The molecule has 0 unspecified atom stereocenters.